The van der Waals surface area contributed by atoms with E-state index in [9.17, 15) is 15.4 Å². The normalized spacial score (nSPS) is 10.9. The lowest BCUT2D eigenvalue weighted by molar-refractivity contribution is -0.384. The Balaban J connectivity index is 1.92. The van der Waals surface area contributed by atoms with Gasteiger partial charge in [-0.2, -0.15) is 5.26 Å². The number of allylic oxidation sites excluding steroid dienone is 1. The Labute approximate surface area is 182 Å². The second-order valence-electron chi connectivity index (χ2n) is 6.28. The molecule has 0 aliphatic rings. The van der Waals surface area contributed by atoms with Gasteiger partial charge in [-0.1, -0.05) is 58.4 Å². The quantitative estimate of drug-likeness (QED) is 0.185. The topological polar surface area (TPSA) is 85.4 Å². The predicted molar refractivity (Wildman–Crippen MR) is 118 cm³/mol. The Morgan fingerprint density at radius 3 is 2.57 bits per heavy atom. The average Bonchev–Trinajstić information content (AvgIpc) is 2.77. The van der Waals surface area contributed by atoms with Crippen molar-refractivity contribution in [2.75, 3.05) is 7.11 Å². The molecule has 0 heterocycles. The van der Waals surface area contributed by atoms with Gasteiger partial charge >= 0.3 is 0 Å². The Kier molecular flexibility index (Phi) is 6.83. The Morgan fingerprint density at radius 1 is 1.13 bits per heavy atom. The highest BCUT2D eigenvalue weighted by Gasteiger charge is 2.13. The summed E-state index contributed by atoms with van der Waals surface area (Å²) in [5.41, 5.74) is 2.38. The molecule has 0 aliphatic carbocycles. The Bertz CT molecular complexity index is 1140. The summed E-state index contributed by atoms with van der Waals surface area (Å²) in [5.74, 6) is 1.07. The van der Waals surface area contributed by atoms with Gasteiger partial charge in [0, 0.05) is 16.6 Å². The summed E-state index contributed by atoms with van der Waals surface area (Å²) in [6.07, 6.45) is 1.65. The van der Waals surface area contributed by atoms with E-state index in [4.69, 9.17) is 9.47 Å². The first-order chi connectivity index (χ1) is 14.5. The van der Waals surface area contributed by atoms with Crippen LogP contribution in [0.5, 0.6) is 11.5 Å². The highest BCUT2D eigenvalue weighted by Crippen LogP contribution is 2.36. The van der Waals surface area contributed by atoms with Crippen molar-refractivity contribution in [3.05, 3.63) is 98.0 Å². The zero-order valence-corrected chi connectivity index (χ0v) is 17.6. The van der Waals surface area contributed by atoms with Crippen molar-refractivity contribution in [2.45, 2.75) is 6.61 Å². The number of rotatable bonds is 7. The van der Waals surface area contributed by atoms with E-state index >= 15 is 0 Å². The van der Waals surface area contributed by atoms with Gasteiger partial charge in [0.1, 0.15) is 6.61 Å². The number of benzene rings is 3. The van der Waals surface area contributed by atoms with Crippen LogP contribution in [0.4, 0.5) is 5.69 Å². The number of non-ortho nitro benzene ring substituents is 1. The number of nitro benzene ring substituents is 1. The van der Waals surface area contributed by atoms with Crippen molar-refractivity contribution in [1.29, 1.82) is 5.26 Å². The van der Waals surface area contributed by atoms with E-state index in [2.05, 4.69) is 22.0 Å². The summed E-state index contributed by atoms with van der Waals surface area (Å²) in [4.78, 5) is 10.5. The third-order valence-electron chi connectivity index (χ3n) is 4.31. The fourth-order valence-electron chi connectivity index (χ4n) is 2.79. The summed E-state index contributed by atoms with van der Waals surface area (Å²) < 4.78 is 12.0. The molecule has 30 heavy (non-hydrogen) atoms. The number of nitro groups is 1. The fourth-order valence-corrected chi connectivity index (χ4v) is 3.23. The first-order valence-corrected chi connectivity index (χ1v) is 9.72. The summed E-state index contributed by atoms with van der Waals surface area (Å²) >= 11 is 3.51. The summed E-state index contributed by atoms with van der Waals surface area (Å²) in [6, 6.07) is 21.4. The molecular formula is C23H17BrN2O4. The molecule has 0 aromatic heterocycles. The van der Waals surface area contributed by atoms with E-state index in [1.54, 1.807) is 30.3 Å². The zero-order valence-electron chi connectivity index (χ0n) is 16.0. The van der Waals surface area contributed by atoms with Crippen LogP contribution in [0.25, 0.3) is 11.6 Å². The molecule has 3 aromatic carbocycles. The van der Waals surface area contributed by atoms with Crippen molar-refractivity contribution >= 4 is 33.3 Å². The van der Waals surface area contributed by atoms with E-state index in [1.807, 2.05) is 30.3 Å². The molecule has 0 saturated carbocycles. The van der Waals surface area contributed by atoms with Crippen LogP contribution in [0.1, 0.15) is 16.7 Å². The van der Waals surface area contributed by atoms with Gasteiger partial charge in [0.15, 0.2) is 11.5 Å². The molecular weight excluding hydrogens is 448 g/mol. The molecule has 3 aromatic rings. The molecule has 0 atom stereocenters. The van der Waals surface area contributed by atoms with Crippen molar-refractivity contribution in [3.8, 4) is 17.6 Å². The van der Waals surface area contributed by atoms with E-state index < -0.39 is 4.92 Å². The number of hydrogen-bond acceptors (Lipinski definition) is 5. The standard InChI is InChI=1S/C23H17BrN2O4/c1-29-22-12-18(10-19(14-25)17-8-5-9-20(11-17)26(27)28)21(24)13-23(22)30-15-16-6-3-2-4-7-16/h2-13H,15H2,1H3. The number of ether oxygens (including phenoxy) is 2. The van der Waals surface area contributed by atoms with Crippen LogP contribution in [0.3, 0.4) is 0 Å². The molecule has 0 bridgehead atoms. The molecule has 0 spiro atoms. The third-order valence-corrected chi connectivity index (χ3v) is 5.00. The SMILES string of the molecule is COc1cc(C=C(C#N)c2cccc([N+](=O)[O-])c2)c(Br)cc1OCc1ccccc1. The van der Waals surface area contributed by atoms with E-state index in [0.717, 1.165) is 5.56 Å². The molecule has 6 nitrogen and oxygen atoms in total. The molecule has 0 fully saturated rings. The van der Waals surface area contributed by atoms with Gasteiger partial charge < -0.3 is 9.47 Å². The molecule has 0 unspecified atom stereocenters. The highest BCUT2D eigenvalue weighted by atomic mass is 79.9. The number of nitriles is 1. The fraction of sp³-hybridized carbons (Fsp3) is 0.0870. The number of hydrogen-bond donors (Lipinski definition) is 0. The van der Waals surface area contributed by atoms with E-state index in [-0.39, 0.29) is 5.69 Å². The minimum Gasteiger partial charge on any atom is -0.493 e. The number of methoxy groups -OCH3 is 1. The maximum absolute atomic E-state index is 11.0. The third kappa shape index (κ3) is 5.04. The molecule has 150 valence electrons. The van der Waals surface area contributed by atoms with E-state index in [1.165, 1.54) is 19.2 Å². The van der Waals surface area contributed by atoms with Crippen LogP contribution in [0.15, 0.2) is 71.2 Å². The lowest BCUT2D eigenvalue weighted by Gasteiger charge is -2.13. The van der Waals surface area contributed by atoms with Gasteiger partial charge in [0.05, 0.1) is 23.7 Å². The summed E-state index contributed by atoms with van der Waals surface area (Å²) in [7, 11) is 1.54. The Morgan fingerprint density at radius 2 is 1.90 bits per heavy atom. The maximum atomic E-state index is 11.0. The van der Waals surface area contributed by atoms with Crippen LogP contribution >= 0.6 is 15.9 Å². The zero-order chi connectivity index (χ0) is 21.5. The van der Waals surface area contributed by atoms with Crippen LogP contribution in [-0.2, 0) is 6.61 Å². The lowest BCUT2D eigenvalue weighted by Crippen LogP contribution is -1.98. The van der Waals surface area contributed by atoms with Gasteiger partial charge in [-0.3, -0.25) is 10.1 Å². The Hall–Kier alpha value is -3.63. The van der Waals surface area contributed by atoms with Crippen molar-refractivity contribution in [3.63, 3.8) is 0 Å². The van der Waals surface area contributed by atoms with Crippen LogP contribution in [0.2, 0.25) is 0 Å². The lowest BCUT2D eigenvalue weighted by atomic mass is 10.0. The van der Waals surface area contributed by atoms with Gasteiger partial charge in [-0.25, -0.2) is 0 Å². The summed E-state index contributed by atoms with van der Waals surface area (Å²) in [5, 5.41) is 20.6. The monoisotopic (exact) mass is 464 g/mol. The van der Waals surface area contributed by atoms with Crippen molar-refractivity contribution < 1.29 is 14.4 Å². The van der Waals surface area contributed by atoms with Crippen molar-refractivity contribution in [1.82, 2.24) is 0 Å². The second kappa shape index (κ2) is 9.72. The van der Waals surface area contributed by atoms with Gasteiger partial charge in [0.25, 0.3) is 5.69 Å². The van der Waals surface area contributed by atoms with Crippen LogP contribution < -0.4 is 9.47 Å². The predicted octanol–water partition coefficient (Wildman–Crippen LogP) is 6.01. The summed E-state index contributed by atoms with van der Waals surface area (Å²) in [6.45, 7) is 0.385. The van der Waals surface area contributed by atoms with E-state index in [0.29, 0.717) is 39.3 Å². The first-order valence-electron chi connectivity index (χ1n) is 8.92. The molecule has 7 heteroatoms. The van der Waals surface area contributed by atoms with Crippen LogP contribution in [-0.4, -0.2) is 12.0 Å². The largest absolute Gasteiger partial charge is 0.493 e. The molecule has 0 saturated heterocycles. The van der Waals surface area contributed by atoms with Crippen molar-refractivity contribution in [2.24, 2.45) is 0 Å². The van der Waals surface area contributed by atoms with Gasteiger partial charge in [-0.05, 0) is 34.9 Å². The molecule has 0 radical (unpaired) electrons. The molecule has 0 aliphatic heterocycles. The van der Waals surface area contributed by atoms with Crippen LogP contribution in [0, 0.1) is 21.4 Å². The minimum absolute atomic E-state index is 0.0741. The smallest absolute Gasteiger partial charge is 0.270 e. The average molecular weight is 465 g/mol. The maximum Gasteiger partial charge on any atom is 0.270 e. The second-order valence-corrected chi connectivity index (χ2v) is 7.13. The first kappa shape index (κ1) is 21.1. The molecule has 3 rings (SSSR count). The highest BCUT2D eigenvalue weighted by molar-refractivity contribution is 9.10. The minimum atomic E-state index is -0.490. The number of halogens is 1. The van der Waals surface area contributed by atoms with Gasteiger partial charge in [-0.15, -0.1) is 0 Å². The molecule has 0 N–H and O–H groups in total. The van der Waals surface area contributed by atoms with Gasteiger partial charge in [0.2, 0.25) is 0 Å². The molecule has 0 amide bonds. The number of nitrogens with zero attached hydrogens (tertiary/aromatic N) is 2.